The summed E-state index contributed by atoms with van der Waals surface area (Å²) in [6, 6.07) is -0.944. The van der Waals surface area contributed by atoms with Gasteiger partial charge in [-0.2, -0.15) is 5.10 Å². The summed E-state index contributed by atoms with van der Waals surface area (Å²) in [4.78, 5) is 49.8. The average Bonchev–Trinajstić information content (AvgIpc) is 3.25. The quantitative estimate of drug-likeness (QED) is 0.695. The second-order valence-electron chi connectivity index (χ2n) is 6.13. The molecule has 0 aromatic carbocycles. The Morgan fingerprint density at radius 1 is 1.32 bits per heavy atom. The van der Waals surface area contributed by atoms with Gasteiger partial charge in [-0.3, -0.25) is 14.3 Å². The first-order valence-corrected chi connectivity index (χ1v) is 8.91. The molecular weight excluding hydrogens is 388 g/mol. The Bertz CT molecular complexity index is 946. The number of nitrogens with zero attached hydrogens (tertiary/aromatic N) is 3. The van der Waals surface area contributed by atoms with Gasteiger partial charge in [0.05, 0.1) is 29.3 Å². The van der Waals surface area contributed by atoms with Crippen LogP contribution >= 0.6 is 11.3 Å². The third-order valence-electron chi connectivity index (χ3n) is 3.98. The van der Waals surface area contributed by atoms with Crippen LogP contribution in [0.5, 0.6) is 0 Å². The van der Waals surface area contributed by atoms with Crippen molar-refractivity contribution in [1.29, 1.82) is 0 Å². The van der Waals surface area contributed by atoms with E-state index in [1.807, 2.05) is 0 Å². The molecule has 0 aliphatic heterocycles. The van der Waals surface area contributed by atoms with Gasteiger partial charge in [0.15, 0.2) is 0 Å². The largest absolute Gasteiger partial charge is 0.480 e. The molecule has 28 heavy (non-hydrogen) atoms. The molecule has 1 unspecified atom stereocenters. The van der Waals surface area contributed by atoms with Crippen LogP contribution in [0.25, 0.3) is 0 Å². The molecule has 0 fully saturated rings. The van der Waals surface area contributed by atoms with Crippen LogP contribution in [0.15, 0.2) is 12.4 Å². The number of anilines is 1. The SMILES string of the molecule is COC(=O)c1c(NC(=O)c2cnn(C(C)C(=O)O)c2)sc(C(=O)N(C)C)c1C. The van der Waals surface area contributed by atoms with Gasteiger partial charge in [-0.05, 0) is 19.4 Å². The number of esters is 1. The van der Waals surface area contributed by atoms with E-state index in [4.69, 9.17) is 9.84 Å². The molecule has 0 saturated carbocycles. The molecule has 2 aromatic rings. The van der Waals surface area contributed by atoms with Gasteiger partial charge in [-0.25, -0.2) is 9.59 Å². The maximum atomic E-state index is 12.6. The van der Waals surface area contributed by atoms with Crippen molar-refractivity contribution in [3.63, 3.8) is 0 Å². The minimum Gasteiger partial charge on any atom is -0.480 e. The van der Waals surface area contributed by atoms with E-state index in [1.165, 1.54) is 31.3 Å². The van der Waals surface area contributed by atoms with Crippen LogP contribution in [0.1, 0.15) is 48.9 Å². The van der Waals surface area contributed by atoms with Crippen LogP contribution in [0.2, 0.25) is 0 Å². The lowest BCUT2D eigenvalue weighted by Crippen LogP contribution is -2.21. The zero-order chi connectivity index (χ0) is 21.2. The molecule has 10 nitrogen and oxygen atoms in total. The van der Waals surface area contributed by atoms with E-state index in [0.29, 0.717) is 10.4 Å². The number of carbonyl (C=O) groups is 4. The Kier molecular flexibility index (Phi) is 6.19. The minimum atomic E-state index is -1.09. The van der Waals surface area contributed by atoms with Crippen molar-refractivity contribution in [3.8, 4) is 0 Å². The number of ether oxygens (including phenoxy) is 1. The summed E-state index contributed by atoms with van der Waals surface area (Å²) in [5.41, 5.74) is 0.605. The zero-order valence-electron chi connectivity index (χ0n) is 16.0. The lowest BCUT2D eigenvalue weighted by molar-refractivity contribution is -0.140. The molecule has 0 radical (unpaired) electrons. The maximum absolute atomic E-state index is 12.6. The molecule has 0 spiro atoms. The van der Waals surface area contributed by atoms with E-state index in [1.54, 1.807) is 21.0 Å². The fourth-order valence-electron chi connectivity index (χ4n) is 2.31. The van der Waals surface area contributed by atoms with E-state index < -0.39 is 23.9 Å². The van der Waals surface area contributed by atoms with Crippen LogP contribution < -0.4 is 5.32 Å². The first-order valence-electron chi connectivity index (χ1n) is 8.10. The van der Waals surface area contributed by atoms with E-state index in [2.05, 4.69) is 10.4 Å². The standard InChI is InChI=1S/C17H20N4O6S/c1-8-11(17(26)27-5)14(28-12(8)15(23)20(3)4)19-13(22)10-6-18-21(7-10)9(2)16(24)25/h6-7,9H,1-5H3,(H,19,22)(H,24,25). The summed E-state index contributed by atoms with van der Waals surface area (Å²) in [7, 11) is 4.36. The summed E-state index contributed by atoms with van der Waals surface area (Å²) in [6.45, 7) is 3.02. The Labute approximate surface area is 164 Å². The van der Waals surface area contributed by atoms with Gasteiger partial charge in [-0.15, -0.1) is 11.3 Å². The Hall–Kier alpha value is -3.21. The molecule has 2 rings (SSSR count). The number of hydrogen-bond donors (Lipinski definition) is 2. The summed E-state index contributed by atoms with van der Waals surface area (Å²) in [5.74, 6) is -2.68. The zero-order valence-corrected chi connectivity index (χ0v) is 16.8. The van der Waals surface area contributed by atoms with Gasteiger partial charge < -0.3 is 20.1 Å². The van der Waals surface area contributed by atoms with E-state index >= 15 is 0 Å². The summed E-state index contributed by atoms with van der Waals surface area (Å²) < 4.78 is 5.91. The van der Waals surface area contributed by atoms with Crippen LogP contribution in [0.4, 0.5) is 5.00 Å². The van der Waals surface area contributed by atoms with Crippen molar-refractivity contribution in [2.24, 2.45) is 0 Å². The van der Waals surface area contributed by atoms with Crippen molar-refractivity contribution in [3.05, 3.63) is 34.0 Å². The van der Waals surface area contributed by atoms with E-state index in [0.717, 1.165) is 16.0 Å². The number of methoxy groups -OCH3 is 1. The van der Waals surface area contributed by atoms with Gasteiger partial charge in [-0.1, -0.05) is 0 Å². The predicted octanol–water partition coefficient (Wildman–Crippen LogP) is 1.64. The fourth-order valence-corrected chi connectivity index (χ4v) is 3.52. The molecule has 2 amide bonds. The van der Waals surface area contributed by atoms with Crippen LogP contribution in [-0.4, -0.2) is 64.7 Å². The number of carboxylic acid groups (broad SMARTS) is 1. The van der Waals surface area contributed by atoms with Crippen molar-refractivity contribution < 1.29 is 29.0 Å². The van der Waals surface area contributed by atoms with Gasteiger partial charge in [0.1, 0.15) is 11.0 Å². The molecule has 0 aliphatic rings. The highest BCUT2D eigenvalue weighted by atomic mass is 32.1. The Morgan fingerprint density at radius 3 is 2.50 bits per heavy atom. The lowest BCUT2D eigenvalue weighted by Gasteiger charge is -2.08. The molecular formula is C17H20N4O6S. The van der Waals surface area contributed by atoms with Crippen molar-refractivity contribution in [2.75, 3.05) is 26.5 Å². The molecule has 2 N–H and O–H groups in total. The minimum absolute atomic E-state index is 0.0948. The van der Waals surface area contributed by atoms with Gasteiger partial charge >= 0.3 is 11.9 Å². The highest BCUT2D eigenvalue weighted by Crippen LogP contribution is 2.34. The second-order valence-corrected chi connectivity index (χ2v) is 7.15. The molecule has 2 aromatic heterocycles. The van der Waals surface area contributed by atoms with Crippen LogP contribution in [0, 0.1) is 6.92 Å². The maximum Gasteiger partial charge on any atom is 0.341 e. The highest BCUT2D eigenvalue weighted by molar-refractivity contribution is 7.18. The first-order chi connectivity index (χ1) is 13.1. The molecule has 1 atom stereocenters. The van der Waals surface area contributed by atoms with E-state index in [9.17, 15) is 19.2 Å². The second kappa shape index (κ2) is 8.21. The Morgan fingerprint density at radius 2 is 1.96 bits per heavy atom. The molecule has 11 heteroatoms. The monoisotopic (exact) mass is 408 g/mol. The highest BCUT2D eigenvalue weighted by Gasteiger charge is 2.27. The van der Waals surface area contributed by atoms with Crippen LogP contribution in [0.3, 0.4) is 0 Å². The van der Waals surface area contributed by atoms with Crippen molar-refractivity contribution in [2.45, 2.75) is 19.9 Å². The topological polar surface area (TPSA) is 131 Å². The van der Waals surface area contributed by atoms with Crippen molar-refractivity contribution >= 4 is 40.1 Å². The van der Waals surface area contributed by atoms with Gasteiger partial charge in [0.25, 0.3) is 11.8 Å². The molecule has 150 valence electrons. The number of carboxylic acids is 1. The normalized spacial score (nSPS) is 11.6. The number of hydrogen-bond acceptors (Lipinski definition) is 7. The van der Waals surface area contributed by atoms with E-state index in [-0.39, 0.29) is 22.0 Å². The number of amides is 2. The average molecular weight is 408 g/mol. The van der Waals surface area contributed by atoms with Gasteiger partial charge in [0.2, 0.25) is 0 Å². The third kappa shape index (κ3) is 4.03. The smallest absolute Gasteiger partial charge is 0.341 e. The summed E-state index contributed by atoms with van der Waals surface area (Å²) in [6.07, 6.45) is 2.51. The predicted molar refractivity (Wildman–Crippen MR) is 101 cm³/mol. The fraction of sp³-hybridized carbons (Fsp3) is 0.353. The third-order valence-corrected chi connectivity index (χ3v) is 5.18. The summed E-state index contributed by atoms with van der Waals surface area (Å²) in [5, 5.41) is 15.7. The molecule has 0 bridgehead atoms. The number of thiophene rings is 1. The number of aliphatic carboxylic acids is 1. The first kappa shape index (κ1) is 21.1. The summed E-state index contributed by atoms with van der Waals surface area (Å²) >= 11 is 0.962. The molecule has 2 heterocycles. The lowest BCUT2D eigenvalue weighted by atomic mass is 10.1. The molecule has 0 saturated heterocycles. The molecule has 0 aliphatic carbocycles. The van der Waals surface area contributed by atoms with Gasteiger partial charge in [0, 0.05) is 20.3 Å². The van der Waals surface area contributed by atoms with Crippen LogP contribution in [-0.2, 0) is 9.53 Å². The Balaban J connectivity index is 2.38. The number of nitrogens with one attached hydrogen (secondary N) is 1. The number of rotatable bonds is 6. The number of carbonyl (C=O) groups excluding carboxylic acids is 3. The number of aromatic nitrogens is 2. The van der Waals surface area contributed by atoms with Crippen molar-refractivity contribution in [1.82, 2.24) is 14.7 Å².